The van der Waals surface area contributed by atoms with Crippen LogP contribution in [0, 0.1) is 0 Å². The fourth-order valence-corrected chi connectivity index (χ4v) is 3.90. The van der Waals surface area contributed by atoms with Crippen LogP contribution in [0.1, 0.15) is 85.4 Å². The first kappa shape index (κ1) is 27.5. The van der Waals surface area contributed by atoms with Crippen LogP contribution in [-0.4, -0.2) is 21.3 Å². The van der Waals surface area contributed by atoms with Gasteiger partial charge in [0.15, 0.2) is 0 Å². The van der Waals surface area contributed by atoms with Crippen LogP contribution in [0.5, 0.6) is 0 Å². The van der Waals surface area contributed by atoms with Gasteiger partial charge in [-0.1, -0.05) is 77.6 Å². The molecule has 0 spiro atoms. The van der Waals surface area contributed by atoms with Gasteiger partial charge in [-0.2, -0.15) is 4.31 Å². The molecule has 0 radical (unpaired) electrons. The third-order valence-corrected chi connectivity index (χ3v) is 5.65. The maximum atomic E-state index is 11.1. The zero-order chi connectivity index (χ0) is 17.6. The Morgan fingerprint density at radius 3 is 1.50 bits per heavy atom. The van der Waals surface area contributed by atoms with Crippen LogP contribution in [0.2, 0.25) is 0 Å². The molecule has 0 aliphatic carbocycles. The zero-order valence-corrected chi connectivity index (χ0v) is 18.9. The van der Waals surface area contributed by atoms with E-state index in [4.69, 9.17) is 14.7 Å². The number of rotatable bonds is 16. The van der Waals surface area contributed by atoms with E-state index in [1.807, 2.05) is 0 Å². The van der Waals surface area contributed by atoms with Crippen LogP contribution < -0.4 is 29.6 Å². The Kier molecular flexibility index (Phi) is 18.8. The summed E-state index contributed by atoms with van der Waals surface area (Å²) in [7, 11) is -9.67. The molecule has 1 unspecified atom stereocenters. The topological polar surface area (TPSA) is 113 Å². The Hall–Kier alpha value is 1.26. The second-order valence-corrected chi connectivity index (χ2v) is 8.59. The molecule has 0 bridgehead atoms. The number of unbranched alkanes of at least 4 members (excludes halogenated alkanes) is 11. The molecule has 3 N–H and O–H groups in total. The monoisotopic (exact) mass is 398 g/mol. The van der Waals surface area contributed by atoms with Gasteiger partial charge in [-0.05, 0) is 6.42 Å². The summed E-state index contributed by atoms with van der Waals surface area (Å²) in [5.41, 5.74) is 0. The van der Waals surface area contributed by atoms with E-state index in [-0.39, 0.29) is 37.6 Å². The Balaban J connectivity index is -0.00000242. The van der Waals surface area contributed by atoms with Crippen molar-refractivity contribution in [3.8, 4) is 0 Å². The molecule has 1 atom stereocenters. The van der Waals surface area contributed by atoms with Crippen LogP contribution in [0.4, 0.5) is 0 Å². The summed E-state index contributed by atoms with van der Waals surface area (Å²) >= 11 is 0. The van der Waals surface area contributed by atoms with Crippen LogP contribution in [0.25, 0.3) is 0 Å². The average molecular weight is 398 g/mol. The number of phosphoric ester groups is 1. The molecule has 0 aliphatic heterocycles. The third-order valence-electron chi connectivity index (χ3n) is 3.46. The molecule has 0 aromatic carbocycles. The SMILES string of the molecule is CCCCCCCCCCCCCCOP(=O)(O)OP(=O)(O)O.[H-].[Na+]. The quantitative estimate of drug-likeness (QED) is 0.207. The van der Waals surface area contributed by atoms with Gasteiger partial charge in [-0.15, -0.1) is 0 Å². The van der Waals surface area contributed by atoms with Crippen LogP contribution in [-0.2, 0) is 18.0 Å². The molecular formula is C14H33NaO7P2. The standard InChI is InChI=1S/C14H32O7P2.Na.H/c1-2-3-4-5-6-7-8-9-10-11-12-13-14-20-23(18,19)21-22(15,16)17;;/h2-14H2,1H3,(H,18,19)(H2,15,16,17);;/q;+1;-1. The van der Waals surface area contributed by atoms with E-state index in [0.717, 1.165) is 19.3 Å². The maximum Gasteiger partial charge on any atom is 1.00 e. The molecule has 10 heteroatoms. The van der Waals surface area contributed by atoms with Crippen molar-refractivity contribution in [1.82, 2.24) is 0 Å². The van der Waals surface area contributed by atoms with E-state index >= 15 is 0 Å². The second kappa shape index (κ2) is 16.4. The Morgan fingerprint density at radius 2 is 1.12 bits per heavy atom. The predicted octanol–water partition coefficient (Wildman–Crippen LogP) is 2.03. The smallest absolute Gasteiger partial charge is 1.00 e. The summed E-state index contributed by atoms with van der Waals surface area (Å²) in [6.45, 7) is 2.17. The average Bonchev–Trinajstić information content (AvgIpc) is 2.41. The van der Waals surface area contributed by atoms with Gasteiger partial charge < -0.3 is 16.1 Å². The molecule has 0 fully saturated rings. The van der Waals surface area contributed by atoms with Crippen LogP contribution in [0.15, 0.2) is 0 Å². The minimum absolute atomic E-state index is 0. The summed E-state index contributed by atoms with van der Waals surface area (Å²) in [5, 5.41) is 0. The van der Waals surface area contributed by atoms with Gasteiger partial charge in [-0.25, -0.2) is 9.13 Å². The summed E-state index contributed by atoms with van der Waals surface area (Å²) in [6, 6.07) is 0. The minimum atomic E-state index is -5.01. The van der Waals surface area contributed by atoms with E-state index in [2.05, 4.69) is 15.8 Å². The first-order valence-electron chi connectivity index (χ1n) is 8.51. The van der Waals surface area contributed by atoms with E-state index in [1.165, 1.54) is 51.4 Å². The normalized spacial score (nSPS) is 14.2. The van der Waals surface area contributed by atoms with Crippen molar-refractivity contribution in [1.29, 1.82) is 0 Å². The van der Waals surface area contributed by atoms with E-state index in [0.29, 0.717) is 6.42 Å². The molecule has 0 heterocycles. The Bertz CT molecular complexity index is 382. The van der Waals surface area contributed by atoms with E-state index in [1.54, 1.807) is 0 Å². The summed E-state index contributed by atoms with van der Waals surface area (Å²) in [5.74, 6) is 0. The third kappa shape index (κ3) is 21.3. The molecule has 7 nitrogen and oxygen atoms in total. The molecule has 0 aromatic heterocycles. The predicted molar refractivity (Wildman–Crippen MR) is 91.1 cm³/mol. The van der Waals surface area contributed by atoms with E-state index < -0.39 is 15.6 Å². The first-order chi connectivity index (χ1) is 10.8. The van der Waals surface area contributed by atoms with Crippen molar-refractivity contribution in [2.24, 2.45) is 0 Å². The van der Waals surface area contributed by atoms with Crippen molar-refractivity contribution in [3.63, 3.8) is 0 Å². The number of hydrogen-bond acceptors (Lipinski definition) is 4. The van der Waals surface area contributed by atoms with Crippen molar-refractivity contribution in [2.45, 2.75) is 84.0 Å². The van der Waals surface area contributed by atoms with Crippen molar-refractivity contribution in [2.75, 3.05) is 6.61 Å². The summed E-state index contributed by atoms with van der Waals surface area (Å²) in [6.07, 6.45) is 13.9. The van der Waals surface area contributed by atoms with Gasteiger partial charge in [-0.3, -0.25) is 4.52 Å². The molecule has 0 saturated heterocycles. The first-order valence-corrected chi connectivity index (χ1v) is 11.5. The van der Waals surface area contributed by atoms with Gasteiger partial charge in [0.25, 0.3) is 0 Å². The molecule has 0 aliphatic rings. The van der Waals surface area contributed by atoms with Gasteiger partial charge in [0.2, 0.25) is 0 Å². The van der Waals surface area contributed by atoms with Crippen LogP contribution >= 0.6 is 15.6 Å². The largest absolute Gasteiger partial charge is 1.00 e. The summed E-state index contributed by atoms with van der Waals surface area (Å²) < 4.78 is 29.8. The summed E-state index contributed by atoms with van der Waals surface area (Å²) in [4.78, 5) is 25.9. The molecule has 142 valence electrons. The fourth-order valence-electron chi connectivity index (χ4n) is 2.28. The Labute approximate surface area is 169 Å². The van der Waals surface area contributed by atoms with Crippen molar-refractivity contribution < 1.29 is 63.6 Å². The van der Waals surface area contributed by atoms with Crippen molar-refractivity contribution in [3.05, 3.63) is 0 Å². The molecule has 24 heavy (non-hydrogen) atoms. The zero-order valence-electron chi connectivity index (χ0n) is 16.1. The molecule has 0 saturated carbocycles. The maximum absolute atomic E-state index is 11.1. The van der Waals surface area contributed by atoms with Crippen molar-refractivity contribution >= 4 is 15.6 Å². The molecule has 0 aromatic rings. The number of hydrogen-bond donors (Lipinski definition) is 3. The molecular weight excluding hydrogens is 365 g/mol. The second-order valence-electron chi connectivity index (χ2n) is 5.76. The molecule has 0 rings (SSSR count). The fraction of sp³-hybridized carbons (Fsp3) is 1.00. The van der Waals surface area contributed by atoms with Gasteiger partial charge in [0.1, 0.15) is 0 Å². The van der Waals surface area contributed by atoms with Crippen LogP contribution in [0.3, 0.4) is 0 Å². The Morgan fingerprint density at radius 1 is 0.750 bits per heavy atom. The molecule has 0 amide bonds. The van der Waals surface area contributed by atoms with E-state index in [9.17, 15) is 9.13 Å². The number of phosphoric acid groups is 2. The van der Waals surface area contributed by atoms with Gasteiger partial charge in [0, 0.05) is 0 Å². The minimum Gasteiger partial charge on any atom is -1.00 e. The van der Waals surface area contributed by atoms with Gasteiger partial charge in [0.05, 0.1) is 6.61 Å². The van der Waals surface area contributed by atoms with Gasteiger partial charge >= 0.3 is 45.2 Å².